The van der Waals surface area contributed by atoms with Gasteiger partial charge in [0.2, 0.25) is 0 Å². The van der Waals surface area contributed by atoms with Crippen molar-refractivity contribution in [2.75, 3.05) is 12.4 Å². The van der Waals surface area contributed by atoms with Crippen molar-refractivity contribution in [2.45, 2.75) is 13.0 Å². The Kier molecular flexibility index (Phi) is 4.88. The molecule has 1 aliphatic rings. The summed E-state index contributed by atoms with van der Waals surface area (Å²) in [5.41, 5.74) is 1.35. The Morgan fingerprint density at radius 2 is 1.85 bits per heavy atom. The van der Waals surface area contributed by atoms with Crippen molar-refractivity contribution >= 4 is 17.6 Å². The lowest BCUT2D eigenvalue weighted by molar-refractivity contribution is -0.113. The zero-order valence-corrected chi connectivity index (χ0v) is 14.3. The number of rotatable bonds is 4. The number of carbonyl (C=O) groups excluding carboxylic acids is 2. The third-order valence-electron chi connectivity index (χ3n) is 4.09. The minimum atomic E-state index is -0.730. The minimum Gasteiger partial charge on any atom is -0.496 e. The molecule has 0 saturated heterocycles. The normalized spacial score (nSPS) is 16.6. The maximum Gasteiger partial charge on any atom is 0.319 e. The average Bonchev–Trinajstić information content (AvgIpc) is 2.62. The first kappa shape index (κ1) is 17.5. The van der Waals surface area contributed by atoms with Crippen molar-refractivity contribution in [3.05, 3.63) is 71.2 Å². The van der Waals surface area contributed by atoms with Gasteiger partial charge in [-0.2, -0.15) is 0 Å². The fourth-order valence-electron chi connectivity index (χ4n) is 2.89. The van der Waals surface area contributed by atoms with E-state index in [1.807, 2.05) is 0 Å². The van der Waals surface area contributed by atoms with E-state index in [2.05, 4.69) is 16.0 Å². The monoisotopic (exact) mass is 355 g/mol. The summed E-state index contributed by atoms with van der Waals surface area (Å²) < 4.78 is 19.2. The first-order chi connectivity index (χ1) is 12.5. The first-order valence-electron chi connectivity index (χ1n) is 7.98. The van der Waals surface area contributed by atoms with Crippen LogP contribution in [-0.2, 0) is 4.79 Å². The summed E-state index contributed by atoms with van der Waals surface area (Å²) in [5.74, 6) is -0.527. The Balaban J connectivity index is 2.01. The Bertz CT molecular complexity index is 895. The minimum absolute atomic E-state index is 0.0634. The maximum atomic E-state index is 13.9. The quantitative estimate of drug-likeness (QED) is 0.788. The highest BCUT2D eigenvalue weighted by molar-refractivity contribution is 6.06. The zero-order chi connectivity index (χ0) is 18.7. The molecule has 3 amide bonds. The van der Waals surface area contributed by atoms with Crippen LogP contribution in [0.2, 0.25) is 0 Å². The Morgan fingerprint density at radius 3 is 2.58 bits per heavy atom. The number of nitrogens with one attached hydrogen (secondary N) is 3. The molecule has 2 aromatic rings. The number of ether oxygens (including phenoxy) is 1. The molecule has 6 nitrogen and oxygen atoms in total. The summed E-state index contributed by atoms with van der Waals surface area (Å²) >= 11 is 0. The van der Waals surface area contributed by atoms with E-state index in [9.17, 15) is 14.0 Å². The van der Waals surface area contributed by atoms with Crippen molar-refractivity contribution in [3.63, 3.8) is 0 Å². The van der Waals surface area contributed by atoms with E-state index in [0.717, 1.165) is 0 Å². The summed E-state index contributed by atoms with van der Waals surface area (Å²) in [6.45, 7) is 1.62. The molecule has 7 heteroatoms. The van der Waals surface area contributed by atoms with Crippen molar-refractivity contribution in [1.29, 1.82) is 0 Å². The van der Waals surface area contributed by atoms with Gasteiger partial charge in [0, 0.05) is 11.3 Å². The number of allylic oxidation sites excluding steroid dienone is 1. The molecule has 0 unspecified atom stereocenters. The van der Waals surface area contributed by atoms with Gasteiger partial charge in [0.05, 0.1) is 24.4 Å². The highest BCUT2D eigenvalue weighted by Gasteiger charge is 2.33. The van der Waals surface area contributed by atoms with E-state index in [0.29, 0.717) is 17.0 Å². The van der Waals surface area contributed by atoms with Crippen LogP contribution < -0.4 is 20.7 Å². The number of amides is 3. The van der Waals surface area contributed by atoms with Crippen LogP contribution in [0.3, 0.4) is 0 Å². The summed E-state index contributed by atoms with van der Waals surface area (Å²) in [6, 6.07) is 11.8. The first-order valence-corrected chi connectivity index (χ1v) is 7.98. The number of para-hydroxylation sites is 2. The number of hydrogen-bond acceptors (Lipinski definition) is 3. The van der Waals surface area contributed by atoms with Gasteiger partial charge in [-0.05, 0) is 25.1 Å². The van der Waals surface area contributed by atoms with E-state index in [1.54, 1.807) is 37.3 Å². The largest absolute Gasteiger partial charge is 0.496 e. The van der Waals surface area contributed by atoms with Crippen LogP contribution in [0, 0.1) is 5.82 Å². The molecule has 134 valence electrons. The number of carbonyl (C=O) groups is 2. The van der Waals surface area contributed by atoms with Crippen molar-refractivity contribution in [1.82, 2.24) is 10.6 Å². The molecular formula is C19H18FN3O3. The molecule has 0 fully saturated rings. The molecule has 0 bridgehead atoms. The van der Waals surface area contributed by atoms with Gasteiger partial charge in [-0.15, -0.1) is 0 Å². The second-order valence-electron chi connectivity index (χ2n) is 5.75. The Morgan fingerprint density at radius 1 is 1.15 bits per heavy atom. The molecule has 2 aromatic carbocycles. The molecule has 3 rings (SSSR count). The zero-order valence-electron chi connectivity index (χ0n) is 14.3. The van der Waals surface area contributed by atoms with Crippen LogP contribution in [0.15, 0.2) is 59.8 Å². The van der Waals surface area contributed by atoms with Crippen LogP contribution in [0.25, 0.3) is 0 Å². The lowest BCUT2D eigenvalue weighted by Crippen LogP contribution is -2.46. The predicted molar refractivity (Wildman–Crippen MR) is 95.1 cm³/mol. The summed E-state index contributed by atoms with van der Waals surface area (Å²) in [5, 5.41) is 7.87. The van der Waals surface area contributed by atoms with Crippen LogP contribution in [0.4, 0.5) is 14.9 Å². The van der Waals surface area contributed by atoms with Gasteiger partial charge in [-0.3, -0.25) is 4.79 Å². The molecule has 0 saturated carbocycles. The van der Waals surface area contributed by atoms with Crippen LogP contribution in [-0.4, -0.2) is 19.0 Å². The molecule has 26 heavy (non-hydrogen) atoms. The lowest BCUT2D eigenvalue weighted by Gasteiger charge is -2.29. The topological polar surface area (TPSA) is 79.5 Å². The summed E-state index contributed by atoms with van der Waals surface area (Å²) in [7, 11) is 1.51. The van der Waals surface area contributed by atoms with Gasteiger partial charge in [-0.1, -0.05) is 30.3 Å². The lowest BCUT2D eigenvalue weighted by atomic mass is 9.94. The number of urea groups is 1. The predicted octanol–water partition coefficient (Wildman–Crippen LogP) is 3.10. The standard InChI is InChI=1S/C19H18FN3O3/c1-11-16(18(24)22-14-9-5-4-8-13(14)20)17(23-19(25)21-11)12-7-3-6-10-15(12)26-2/h3-10,17H,1-2H3,(H,22,24)(H2,21,23,25)/t17-/m1/s1. The second kappa shape index (κ2) is 7.26. The molecule has 3 N–H and O–H groups in total. The van der Waals surface area contributed by atoms with Crippen LogP contribution in [0.5, 0.6) is 5.75 Å². The van der Waals surface area contributed by atoms with E-state index < -0.39 is 23.8 Å². The smallest absolute Gasteiger partial charge is 0.319 e. The molecule has 0 radical (unpaired) electrons. The van der Waals surface area contributed by atoms with E-state index in [-0.39, 0.29) is 11.3 Å². The fraction of sp³-hybridized carbons (Fsp3) is 0.158. The van der Waals surface area contributed by atoms with Gasteiger partial charge < -0.3 is 20.7 Å². The van der Waals surface area contributed by atoms with Gasteiger partial charge in [0.25, 0.3) is 5.91 Å². The third-order valence-corrected chi connectivity index (χ3v) is 4.09. The molecule has 1 heterocycles. The van der Waals surface area contributed by atoms with E-state index in [4.69, 9.17) is 4.74 Å². The molecule has 1 aliphatic heterocycles. The number of hydrogen-bond donors (Lipinski definition) is 3. The molecule has 0 aliphatic carbocycles. The number of halogens is 1. The van der Waals surface area contributed by atoms with Gasteiger partial charge in [0.1, 0.15) is 11.6 Å². The fourth-order valence-corrected chi connectivity index (χ4v) is 2.89. The molecular weight excluding hydrogens is 337 g/mol. The highest BCUT2D eigenvalue weighted by Crippen LogP contribution is 2.33. The van der Waals surface area contributed by atoms with E-state index in [1.165, 1.54) is 25.3 Å². The van der Waals surface area contributed by atoms with Crippen molar-refractivity contribution < 1.29 is 18.7 Å². The van der Waals surface area contributed by atoms with Crippen molar-refractivity contribution in [2.24, 2.45) is 0 Å². The van der Waals surface area contributed by atoms with Gasteiger partial charge >= 0.3 is 6.03 Å². The SMILES string of the molecule is COc1ccccc1[C@H]1NC(=O)NC(C)=C1C(=O)Nc1ccccc1F. The third kappa shape index (κ3) is 3.37. The molecule has 0 spiro atoms. The molecule has 0 aromatic heterocycles. The summed E-state index contributed by atoms with van der Waals surface area (Å²) in [4.78, 5) is 24.8. The van der Waals surface area contributed by atoms with Crippen LogP contribution >= 0.6 is 0 Å². The highest BCUT2D eigenvalue weighted by atomic mass is 19.1. The van der Waals surface area contributed by atoms with Crippen molar-refractivity contribution in [3.8, 4) is 5.75 Å². The van der Waals surface area contributed by atoms with Crippen LogP contribution in [0.1, 0.15) is 18.5 Å². The Hall–Kier alpha value is -3.35. The summed E-state index contributed by atoms with van der Waals surface area (Å²) in [6.07, 6.45) is 0. The Labute approximate surface area is 150 Å². The molecule has 1 atom stereocenters. The number of methoxy groups -OCH3 is 1. The maximum absolute atomic E-state index is 13.9. The van der Waals surface area contributed by atoms with Gasteiger partial charge in [0.15, 0.2) is 0 Å². The second-order valence-corrected chi connectivity index (χ2v) is 5.75. The average molecular weight is 355 g/mol. The number of anilines is 1. The van der Waals surface area contributed by atoms with Gasteiger partial charge in [-0.25, -0.2) is 9.18 Å². The van der Waals surface area contributed by atoms with E-state index >= 15 is 0 Å². The number of benzene rings is 2.